The van der Waals surface area contributed by atoms with E-state index >= 15 is 0 Å². The maximum atomic E-state index is 12.8. The van der Waals surface area contributed by atoms with E-state index in [1.54, 1.807) is 9.58 Å². The van der Waals surface area contributed by atoms with E-state index in [2.05, 4.69) is 5.10 Å². The number of piperidine rings is 1. The third-order valence-electron chi connectivity index (χ3n) is 4.99. The molecule has 1 N–H and O–H groups in total. The molecule has 8 heteroatoms. The smallest absolute Gasteiger partial charge is 0.303 e. The summed E-state index contributed by atoms with van der Waals surface area (Å²) in [5.41, 5.74) is 2.24. The molecule has 2 amide bonds. The quantitative estimate of drug-likeness (QED) is 0.868. The van der Waals surface area contributed by atoms with Crippen molar-refractivity contribution in [2.45, 2.75) is 45.1 Å². The molecular formula is C17H24N4O4. The van der Waals surface area contributed by atoms with Gasteiger partial charge >= 0.3 is 5.97 Å². The summed E-state index contributed by atoms with van der Waals surface area (Å²) in [6.07, 6.45) is 3.62. The number of likely N-dealkylation sites (tertiary alicyclic amines) is 1. The fourth-order valence-electron chi connectivity index (χ4n) is 3.60. The topological polar surface area (TPSA) is 95.7 Å². The van der Waals surface area contributed by atoms with E-state index < -0.39 is 5.97 Å². The fourth-order valence-corrected chi connectivity index (χ4v) is 3.60. The van der Waals surface area contributed by atoms with E-state index in [9.17, 15) is 14.4 Å². The van der Waals surface area contributed by atoms with Crippen molar-refractivity contribution in [1.29, 1.82) is 0 Å². The highest BCUT2D eigenvalue weighted by Crippen LogP contribution is 2.25. The van der Waals surface area contributed by atoms with Crippen LogP contribution in [-0.2, 0) is 29.6 Å². The van der Waals surface area contributed by atoms with Gasteiger partial charge in [0.05, 0.1) is 6.42 Å². The summed E-state index contributed by atoms with van der Waals surface area (Å²) in [6.45, 7) is 2.37. The number of carbonyl (C=O) groups is 3. The molecule has 1 aromatic rings. The number of aromatic nitrogens is 2. The highest BCUT2D eigenvalue weighted by atomic mass is 16.4. The molecule has 0 radical (unpaired) electrons. The van der Waals surface area contributed by atoms with Crippen LogP contribution in [0.5, 0.6) is 0 Å². The largest absolute Gasteiger partial charge is 0.481 e. The Kier molecular flexibility index (Phi) is 5.06. The Morgan fingerprint density at radius 3 is 2.44 bits per heavy atom. The Bertz CT molecular complexity index is 691. The van der Waals surface area contributed by atoms with Crippen molar-refractivity contribution in [3.05, 3.63) is 17.0 Å². The number of hydrogen-bond donors (Lipinski definition) is 1. The summed E-state index contributed by atoms with van der Waals surface area (Å²) in [6, 6.07) is 0. The Labute approximate surface area is 146 Å². The highest BCUT2D eigenvalue weighted by molar-refractivity contribution is 5.94. The lowest BCUT2D eigenvalue weighted by atomic mass is 10.0. The van der Waals surface area contributed by atoms with Crippen molar-refractivity contribution >= 4 is 17.8 Å². The maximum Gasteiger partial charge on any atom is 0.303 e. The summed E-state index contributed by atoms with van der Waals surface area (Å²) < 4.78 is 1.74. The first-order valence-electron chi connectivity index (χ1n) is 8.81. The SMILES string of the molecule is Cn1nc(C(=O)N2CCCCC2)c2c1CCN(C(=O)CCC(=O)O)C2. The predicted octanol–water partition coefficient (Wildman–Crippen LogP) is 0.796. The molecule has 0 spiro atoms. The number of aliphatic carboxylic acids is 1. The molecule has 0 saturated carbocycles. The minimum Gasteiger partial charge on any atom is -0.481 e. The second kappa shape index (κ2) is 7.25. The first-order valence-corrected chi connectivity index (χ1v) is 8.81. The molecule has 136 valence electrons. The van der Waals surface area contributed by atoms with Gasteiger partial charge in [-0.25, -0.2) is 0 Å². The van der Waals surface area contributed by atoms with Gasteiger partial charge in [-0.15, -0.1) is 0 Å². The van der Waals surface area contributed by atoms with Gasteiger partial charge in [0, 0.05) is 57.3 Å². The van der Waals surface area contributed by atoms with Crippen LogP contribution in [0, 0.1) is 0 Å². The molecule has 1 saturated heterocycles. The van der Waals surface area contributed by atoms with Gasteiger partial charge < -0.3 is 14.9 Å². The van der Waals surface area contributed by atoms with Crippen LogP contribution in [0.15, 0.2) is 0 Å². The molecule has 0 atom stereocenters. The van der Waals surface area contributed by atoms with Gasteiger partial charge in [-0.3, -0.25) is 19.1 Å². The normalized spacial score (nSPS) is 17.3. The molecule has 0 unspecified atom stereocenters. The van der Waals surface area contributed by atoms with Gasteiger partial charge in [0.2, 0.25) is 5.91 Å². The molecule has 2 aliphatic rings. The summed E-state index contributed by atoms with van der Waals surface area (Å²) >= 11 is 0. The minimum atomic E-state index is -0.978. The molecule has 1 aromatic heterocycles. The van der Waals surface area contributed by atoms with E-state index in [1.165, 1.54) is 0 Å². The zero-order valence-electron chi connectivity index (χ0n) is 14.5. The molecule has 2 aliphatic heterocycles. The molecule has 0 aromatic carbocycles. The molecule has 1 fully saturated rings. The van der Waals surface area contributed by atoms with Gasteiger partial charge in [0.1, 0.15) is 0 Å². The minimum absolute atomic E-state index is 0.0136. The van der Waals surface area contributed by atoms with E-state index in [-0.39, 0.29) is 24.7 Å². The summed E-state index contributed by atoms with van der Waals surface area (Å²) in [5.74, 6) is -1.22. The van der Waals surface area contributed by atoms with E-state index in [4.69, 9.17) is 5.11 Å². The van der Waals surface area contributed by atoms with Crippen molar-refractivity contribution < 1.29 is 19.5 Å². The monoisotopic (exact) mass is 348 g/mol. The van der Waals surface area contributed by atoms with E-state index in [1.807, 2.05) is 11.9 Å². The van der Waals surface area contributed by atoms with Gasteiger partial charge in [-0.2, -0.15) is 5.10 Å². The van der Waals surface area contributed by atoms with Crippen LogP contribution in [0.25, 0.3) is 0 Å². The van der Waals surface area contributed by atoms with Crippen LogP contribution in [0.3, 0.4) is 0 Å². The maximum absolute atomic E-state index is 12.8. The van der Waals surface area contributed by atoms with Crippen LogP contribution >= 0.6 is 0 Å². The number of carboxylic acid groups (broad SMARTS) is 1. The number of rotatable bonds is 4. The number of fused-ring (bicyclic) bond motifs is 1. The number of amides is 2. The lowest BCUT2D eigenvalue weighted by Gasteiger charge is -2.29. The van der Waals surface area contributed by atoms with Crippen molar-refractivity contribution in [2.24, 2.45) is 7.05 Å². The number of carboxylic acids is 1. The van der Waals surface area contributed by atoms with Crippen molar-refractivity contribution in [3.63, 3.8) is 0 Å². The van der Waals surface area contributed by atoms with Crippen LogP contribution in [0.2, 0.25) is 0 Å². The number of aryl methyl sites for hydroxylation is 1. The van der Waals surface area contributed by atoms with Crippen LogP contribution in [-0.4, -0.2) is 62.1 Å². The highest BCUT2D eigenvalue weighted by Gasteiger charge is 2.31. The Morgan fingerprint density at radius 2 is 1.76 bits per heavy atom. The lowest BCUT2D eigenvalue weighted by Crippen LogP contribution is -2.39. The second-order valence-corrected chi connectivity index (χ2v) is 6.71. The van der Waals surface area contributed by atoms with Gasteiger partial charge in [-0.05, 0) is 19.3 Å². The Morgan fingerprint density at radius 1 is 1.04 bits per heavy atom. The second-order valence-electron chi connectivity index (χ2n) is 6.71. The molecular weight excluding hydrogens is 324 g/mol. The zero-order chi connectivity index (χ0) is 18.0. The lowest BCUT2D eigenvalue weighted by molar-refractivity contribution is -0.141. The van der Waals surface area contributed by atoms with Crippen LogP contribution in [0.1, 0.15) is 53.8 Å². The van der Waals surface area contributed by atoms with Crippen LogP contribution in [0.4, 0.5) is 0 Å². The molecule has 3 heterocycles. The number of carbonyl (C=O) groups excluding carboxylic acids is 2. The third kappa shape index (κ3) is 3.67. The first kappa shape index (κ1) is 17.4. The van der Waals surface area contributed by atoms with Crippen molar-refractivity contribution in [2.75, 3.05) is 19.6 Å². The zero-order valence-corrected chi connectivity index (χ0v) is 14.5. The summed E-state index contributed by atoms with van der Waals surface area (Å²) in [5, 5.41) is 13.2. The predicted molar refractivity (Wildman–Crippen MR) is 89.0 cm³/mol. The van der Waals surface area contributed by atoms with E-state index in [0.29, 0.717) is 25.2 Å². The summed E-state index contributed by atoms with van der Waals surface area (Å²) in [4.78, 5) is 39.2. The average Bonchev–Trinajstić information content (AvgIpc) is 2.96. The van der Waals surface area contributed by atoms with Crippen LogP contribution < -0.4 is 0 Å². The van der Waals surface area contributed by atoms with Crippen molar-refractivity contribution in [1.82, 2.24) is 19.6 Å². The third-order valence-corrected chi connectivity index (χ3v) is 4.99. The molecule has 3 rings (SSSR count). The van der Waals surface area contributed by atoms with Gasteiger partial charge in [0.15, 0.2) is 5.69 Å². The Balaban J connectivity index is 1.77. The number of nitrogens with zero attached hydrogens (tertiary/aromatic N) is 4. The van der Waals surface area contributed by atoms with Gasteiger partial charge in [-0.1, -0.05) is 0 Å². The van der Waals surface area contributed by atoms with Crippen molar-refractivity contribution in [3.8, 4) is 0 Å². The standard InChI is InChI=1S/C17H24N4O4/c1-19-13-7-10-21(14(22)5-6-15(23)24)11-12(13)16(18-19)17(25)20-8-3-2-4-9-20/h2-11H2,1H3,(H,23,24). The molecule has 0 aliphatic carbocycles. The summed E-state index contributed by atoms with van der Waals surface area (Å²) in [7, 11) is 1.83. The molecule has 8 nitrogen and oxygen atoms in total. The van der Waals surface area contributed by atoms with Gasteiger partial charge in [0.25, 0.3) is 5.91 Å². The average molecular weight is 348 g/mol. The Hall–Kier alpha value is -2.38. The van der Waals surface area contributed by atoms with E-state index in [0.717, 1.165) is 43.6 Å². The molecule has 0 bridgehead atoms. The first-order chi connectivity index (χ1) is 12.0. The number of hydrogen-bond acceptors (Lipinski definition) is 4. The molecule has 25 heavy (non-hydrogen) atoms. The fraction of sp³-hybridized carbons (Fsp3) is 0.647.